The van der Waals surface area contributed by atoms with Crippen molar-refractivity contribution >= 4 is 30.7 Å². The summed E-state index contributed by atoms with van der Waals surface area (Å²) in [5, 5.41) is 12.9. The molecule has 0 bridgehead atoms. The molecule has 2 atom stereocenters. The van der Waals surface area contributed by atoms with Crippen molar-refractivity contribution in [2.24, 2.45) is 5.92 Å². The third kappa shape index (κ3) is 6.31. The SMILES string of the molecule is CC(=O)CCC(=O)N[C@H]1Cc2cccc(C(=O)OC(C)OC(=O)C(C)C)c2OB1O. The summed E-state index contributed by atoms with van der Waals surface area (Å²) in [5.41, 5.74) is 0.666. The Hall–Kier alpha value is -2.88. The van der Waals surface area contributed by atoms with Gasteiger partial charge in [-0.1, -0.05) is 26.0 Å². The van der Waals surface area contributed by atoms with Gasteiger partial charge in [-0.2, -0.15) is 0 Å². The predicted octanol–water partition coefficient (Wildman–Crippen LogP) is 1.20. The molecule has 0 saturated carbocycles. The number of esters is 2. The molecule has 2 N–H and O–H groups in total. The first kappa shape index (κ1) is 23.4. The van der Waals surface area contributed by atoms with Crippen molar-refractivity contribution in [3.8, 4) is 5.75 Å². The summed E-state index contributed by atoms with van der Waals surface area (Å²) < 4.78 is 15.7. The number of ketones is 1. The number of hydrogen-bond acceptors (Lipinski definition) is 8. The fourth-order valence-corrected chi connectivity index (χ4v) is 2.81. The number of Topliss-reactive ketones (excluding diaryl/α,β-unsaturated/α-hetero) is 1. The van der Waals surface area contributed by atoms with Crippen molar-refractivity contribution in [2.75, 3.05) is 0 Å². The van der Waals surface area contributed by atoms with Crippen molar-refractivity contribution in [3.05, 3.63) is 29.3 Å². The van der Waals surface area contributed by atoms with Gasteiger partial charge in [0.25, 0.3) is 0 Å². The number of hydrogen-bond donors (Lipinski definition) is 2. The van der Waals surface area contributed by atoms with Gasteiger partial charge in [0.2, 0.25) is 12.2 Å². The number of ether oxygens (including phenoxy) is 2. The van der Waals surface area contributed by atoms with Crippen LogP contribution in [0.1, 0.15) is 56.5 Å². The van der Waals surface area contributed by atoms with Crippen molar-refractivity contribution in [2.45, 2.75) is 59.2 Å². The van der Waals surface area contributed by atoms with Gasteiger partial charge >= 0.3 is 19.1 Å². The number of nitrogens with one attached hydrogen (secondary N) is 1. The summed E-state index contributed by atoms with van der Waals surface area (Å²) in [5.74, 6) is -2.70. The van der Waals surface area contributed by atoms with E-state index >= 15 is 0 Å². The number of rotatable bonds is 8. The average molecular weight is 419 g/mol. The van der Waals surface area contributed by atoms with Gasteiger partial charge in [-0.25, -0.2) is 4.79 Å². The first-order valence-electron chi connectivity index (χ1n) is 9.75. The Morgan fingerprint density at radius 3 is 2.53 bits per heavy atom. The Labute approximate surface area is 175 Å². The second kappa shape index (κ2) is 10.2. The summed E-state index contributed by atoms with van der Waals surface area (Å²) >= 11 is 0. The molecule has 0 fully saturated rings. The molecule has 0 spiro atoms. The first-order valence-corrected chi connectivity index (χ1v) is 9.75. The molecular weight excluding hydrogens is 393 g/mol. The van der Waals surface area contributed by atoms with E-state index in [-0.39, 0.29) is 48.2 Å². The molecular formula is C20H26BNO8. The van der Waals surface area contributed by atoms with E-state index in [2.05, 4.69) is 5.32 Å². The summed E-state index contributed by atoms with van der Waals surface area (Å²) in [6.07, 6.45) is -0.738. The van der Waals surface area contributed by atoms with E-state index in [9.17, 15) is 24.2 Å². The highest BCUT2D eigenvalue weighted by Gasteiger charge is 2.38. The topological polar surface area (TPSA) is 128 Å². The van der Waals surface area contributed by atoms with Crippen molar-refractivity contribution in [1.29, 1.82) is 0 Å². The average Bonchev–Trinajstić information content (AvgIpc) is 2.66. The highest BCUT2D eigenvalue weighted by atomic mass is 16.7. The lowest BCUT2D eigenvalue weighted by atomic mass is 9.72. The van der Waals surface area contributed by atoms with Crippen molar-refractivity contribution < 1.29 is 38.3 Å². The monoisotopic (exact) mass is 419 g/mol. The maximum absolute atomic E-state index is 12.5. The Morgan fingerprint density at radius 2 is 1.90 bits per heavy atom. The van der Waals surface area contributed by atoms with E-state index in [1.165, 1.54) is 19.9 Å². The smallest absolute Gasteiger partial charge is 0.534 e. The zero-order valence-corrected chi connectivity index (χ0v) is 17.5. The molecule has 0 aliphatic carbocycles. The second-order valence-electron chi connectivity index (χ2n) is 7.45. The van der Waals surface area contributed by atoms with Crippen LogP contribution >= 0.6 is 0 Å². The molecule has 30 heavy (non-hydrogen) atoms. The Kier molecular flexibility index (Phi) is 7.99. The molecule has 1 unspecified atom stereocenters. The molecule has 1 aliphatic heterocycles. The fraction of sp³-hybridized carbons (Fsp3) is 0.500. The fourth-order valence-electron chi connectivity index (χ4n) is 2.81. The second-order valence-corrected chi connectivity index (χ2v) is 7.45. The van der Waals surface area contributed by atoms with Gasteiger partial charge in [0, 0.05) is 19.8 Å². The largest absolute Gasteiger partial charge is 0.547 e. The van der Waals surface area contributed by atoms with Gasteiger partial charge in [0.15, 0.2) is 0 Å². The molecule has 1 aromatic rings. The van der Waals surface area contributed by atoms with Gasteiger partial charge < -0.3 is 29.3 Å². The summed E-state index contributed by atoms with van der Waals surface area (Å²) in [7, 11) is -1.39. The number of fused-ring (bicyclic) bond motifs is 1. The van der Waals surface area contributed by atoms with E-state index in [1.54, 1.807) is 26.0 Å². The minimum atomic E-state index is -1.39. The summed E-state index contributed by atoms with van der Waals surface area (Å²) in [6, 6.07) is 4.79. The molecule has 1 amide bonds. The van der Waals surface area contributed by atoms with E-state index < -0.39 is 31.3 Å². The van der Waals surface area contributed by atoms with Crippen LogP contribution in [0.4, 0.5) is 0 Å². The predicted molar refractivity (Wildman–Crippen MR) is 106 cm³/mol. The molecule has 0 saturated heterocycles. The first-order chi connectivity index (χ1) is 14.1. The minimum Gasteiger partial charge on any atom is -0.534 e. The standard InChI is InChI=1S/C20H26BNO8/c1-11(2)19(25)28-13(4)29-20(26)15-7-5-6-14-10-16(21(27)30-18(14)15)22-17(24)9-8-12(3)23/h5-7,11,13,16,27H,8-10H2,1-4H3,(H,22,24)/t13?,16-/m0/s1. The van der Waals surface area contributed by atoms with Crippen LogP contribution < -0.4 is 9.97 Å². The molecule has 2 rings (SSSR count). The maximum Gasteiger partial charge on any atom is 0.547 e. The van der Waals surface area contributed by atoms with Gasteiger partial charge in [0.05, 0.1) is 11.9 Å². The highest BCUT2D eigenvalue weighted by molar-refractivity contribution is 6.47. The quantitative estimate of drug-likeness (QED) is 0.366. The van der Waals surface area contributed by atoms with Crippen LogP contribution in [0.15, 0.2) is 18.2 Å². The summed E-state index contributed by atoms with van der Waals surface area (Å²) in [6.45, 7) is 6.15. The lowest BCUT2D eigenvalue weighted by Crippen LogP contribution is -2.53. The zero-order chi connectivity index (χ0) is 22.4. The van der Waals surface area contributed by atoms with Gasteiger partial charge in [-0.15, -0.1) is 0 Å². The Morgan fingerprint density at radius 1 is 1.20 bits per heavy atom. The third-order valence-corrected chi connectivity index (χ3v) is 4.42. The molecule has 1 aromatic carbocycles. The molecule has 9 nitrogen and oxygen atoms in total. The van der Waals surface area contributed by atoms with E-state index in [0.29, 0.717) is 5.56 Å². The van der Waals surface area contributed by atoms with Crippen LogP contribution in [0.5, 0.6) is 5.75 Å². The lowest BCUT2D eigenvalue weighted by Gasteiger charge is -2.29. The summed E-state index contributed by atoms with van der Waals surface area (Å²) in [4.78, 5) is 47.1. The third-order valence-electron chi connectivity index (χ3n) is 4.42. The van der Waals surface area contributed by atoms with Crippen molar-refractivity contribution in [1.82, 2.24) is 5.32 Å². The van der Waals surface area contributed by atoms with E-state index in [0.717, 1.165) is 0 Å². The molecule has 1 aliphatic rings. The van der Waals surface area contributed by atoms with Crippen LogP contribution in [0.25, 0.3) is 0 Å². The van der Waals surface area contributed by atoms with Gasteiger partial charge in [0.1, 0.15) is 17.1 Å². The minimum absolute atomic E-state index is 0.0186. The number of amides is 1. The molecule has 0 aromatic heterocycles. The molecule has 1 heterocycles. The molecule has 0 radical (unpaired) electrons. The van der Waals surface area contributed by atoms with E-state index in [1.807, 2.05) is 0 Å². The number of para-hydroxylation sites is 1. The Balaban J connectivity index is 2.06. The Bertz CT molecular complexity index is 825. The highest BCUT2D eigenvalue weighted by Crippen LogP contribution is 2.31. The zero-order valence-electron chi connectivity index (χ0n) is 17.5. The maximum atomic E-state index is 12.5. The number of carbonyl (C=O) groups excluding carboxylic acids is 4. The number of benzene rings is 1. The number of carbonyl (C=O) groups is 4. The van der Waals surface area contributed by atoms with Crippen molar-refractivity contribution in [3.63, 3.8) is 0 Å². The van der Waals surface area contributed by atoms with Crippen LogP contribution in [0, 0.1) is 5.92 Å². The van der Waals surface area contributed by atoms with Gasteiger partial charge in [-0.05, 0) is 25.0 Å². The molecule has 10 heteroatoms. The van der Waals surface area contributed by atoms with Crippen LogP contribution in [0.3, 0.4) is 0 Å². The van der Waals surface area contributed by atoms with Crippen LogP contribution in [0.2, 0.25) is 0 Å². The molecule has 162 valence electrons. The van der Waals surface area contributed by atoms with Crippen LogP contribution in [-0.4, -0.2) is 48.0 Å². The normalized spacial score (nSPS) is 16.2. The van der Waals surface area contributed by atoms with Crippen LogP contribution in [-0.2, 0) is 30.3 Å². The van der Waals surface area contributed by atoms with E-state index in [4.69, 9.17) is 14.1 Å². The lowest BCUT2D eigenvalue weighted by molar-refractivity contribution is -0.169. The van der Waals surface area contributed by atoms with Gasteiger partial charge in [-0.3, -0.25) is 9.59 Å².